The van der Waals surface area contributed by atoms with Crippen LogP contribution in [0.25, 0.3) is 0 Å². The molecule has 0 spiro atoms. The van der Waals surface area contributed by atoms with Gasteiger partial charge in [0.2, 0.25) is 0 Å². The minimum absolute atomic E-state index is 0.378. The van der Waals surface area contributed by atoms with Crippen LogP contribution in [0.1, 0.15) is 66.2 Å². The molecule has 2 rings (SSSR count). The zero-order valence-corrected chi connectivity index (χ0v) is 17.6. The average molecular weight is 434 g/mol. The molecule has 0 aliphatic heterocycles. The van der Waals surface area contributed by atoms with Crippen LogP contribution in [0, 0.1) is 11.8 Å². The average Bonchev–Trinajstić information content (AvgIpc) is 2.42. The Balaban J connectivity index is 2.12. The third-order valence-corrected chi connectivity index (χ3v) is 12.0. The van der Waals surface area contributed by atoms with Gasteiger partial charge in [0.15, 0.2) is 0 Å². The van der Waals surface area contributed by atoms with Crippen molar-refractivity contribution in [3.8, 4) is 0 Å². The van der Waals surface area contributed by atoms with E-state index < -0.39 is 32.1 Å². The van der Waals surface area contributed by atoms with Crippen molar-refractivity contribution < 1.29 is 10.2 Å². The van der Waals surface area contributed by atoms with E-state index >= 15 is 0 Å². The molecule has 6 atom stereocenters. The van der Waals surface area contributed by atoms with Crippen molar-refractivity contribution in [1.29, 1.82) is 0 Å². The maximum atomic E-state index is 10.9. The Morgan fingerprint density at radius 1 is 0.870 bits per heavy atom. The van der Waals surface area contributed by atoms with Gasteiger partial charge in [-0.05, 0) is 0 Å². The molecule has 2 fully saturated rings. The molecule has 0 radical (unpaired) electrons. The van der Waals surface area contributed by atoms with Gasteiger partial charge in [-0.1, -0.05) is 0 Å². The Labute approximate surface area is 152 Å². The summed E-state index contributed by atoms with van der Waals surface area (Å²) in [7, 11) is 0. The first-order valence-electron chi connectivity index (χ1n) is 8.94. The molecule has 2 aliphatic carbocycles. The van der Waals surface area contributed by atoms with Crippen molar-refractivity contribution in [2.24, 2.45) is 11.8 Å². The first-order chi connectivity index (χ1) is 10.5. The summed E-state index contributed by atoms with van der Waals surface area (Å²) in [4.78, 5) is 0. The summed E-state index contributed by atoms with van der Waals surface area (Å²) < 4.78 is 0.757. The molecule has 23 heavy (non-hydrogen) atoms. The van der Waals surface area contributed by atoms with Crippen molar-refractivity contribution in [3.63, 3.8) is 0 Å². The molecule has 2 unspecified atom stereocenters. The number of hydrogen-bond acceptors (Lipinski definition) is 2. The van der Waals surface area contributed by atoms with E-state index in [1.165, 1.54) is 11.1 Å². The van der Waals surface area contributed by atoms with E-state index in [9.17, 15) is 10.2 Å². The predicted octanol–water partition coefficient (Wildman–Crippen LogP) is 4.52. The zero-order chi connectivity index (χ0) is 17.4. The summed E-state index contributed by atoms with van der Waals surface area (Å²) in [6.07, 6.45) is 5.99. The van der Waals surface area contributed by atoms with E-state index in [4.69, 9.17) is 0 Å². The molecule has 0 aromatic carbocycles. The Kier molecular flexibility index (Phi) is 6.11. The Bertz CT molecular complexity index is 424. The molecule has 3 heteroatoms. The molecule has 0 amide bonds. The van der Waals surface area contributed by atoms with Gasteiger partial charge in [0, 0.05) is 0 Å². The van der Waals surface area contributed by atoms with E-state index in [-0.39, 0.29) is 0 Å². The van der Waals surface area contributed by atoms with Gasteiger partial charge < -0.3 is 0 Å². The third kappa shape index (κ3) is 4.63. The quantitative estimate of drug-likeness (QED) is 0.505. The molecule has 2 saturated carbocycles. The fourth-order valence-corrected chi connectivity index (χ4v) is 9.45. The maximum absolute atomic E-state index is 10.9. The molecule has 0 heterocycles. The predicted molar refractivity (Wildman–Crippen MR) is 98.8 cm³/mol. The number of aliphatic hydroxyl groups is 2. The fourth-order valence-electron chi connectivity index (χ4n) is 4.01. The van der Waals surface area contributed by atoms with E-state index in [1.807, 2.05) is 13.8 Å². The van der Waals surface area contributed by atoms with Gasteiger partial charge in [0.1, 0.15) is 0 Å². The molecule has 0 aromatic heterocycles. The number of rotatable bonds is 4. The van der Waals surface area contributed by atoms with E-state index in [0.29, 0.717) is 19.8 Å². The second-order valence-electron chi connectivity index (χ2n) is 8.46. The summed E-state index contributed by atoms with van der Waals surface area (Å²) in [5.74, 6) is 1.10. The van der Waals surface area contributed by atoms with E-state index in [1.54, 1.807) is 0 Å². The first kappa shape index (κ1) is 19.5. The van der Waals surface area contributed by atoms with Gasteiger partial charge >= 0.3 is 153 Å². The van der Waals surface area contributed by atoms with Crippen LogP contribution in [0.4, 0.5) is 0 Å². The second kappa shape index (κ2) is 7.20. The van der Waals surface area contributed by atoms with E-state index in [0.717, 1.165) is 38.5 Å². The summed E-state index contributed by atoms with van der Waals surface area (Å²) in [5.41, 5.74) is 1.40. The Morgan fingerprint density at radius 3 is 1.52 bits per heavy atom. The van der Waals surface area contributed by atoms with Gasteiger partial charge in [0.05, 0.1) is 0 Å². The van der Waals surface area contributed by atoms with Gasteiger partial charge in [-0.2, -0.15) is 0 Å². The van der Waals surface area contributed by atoms with Crippen molar-refractivity contribution in [3.05, 3.63) is 24.3 Å². The normalized spacial score (nSPS) is 44.8. The molecule has 0 bridgehead atoms. The minimum atomic E-state index is -0.555. The van der Waals surface area contributed by atoms with Gasteiger partial charge in [-0.3, -0.25) is 0 Å². The Hall–Kier alpha value is 0.190. The Morgan fingerprint density at radius 2 is 1.22 bits per heavy atom. The second-order valence-corrected chi connectivity index (χ2v) is 12.5. The van der Waals surface area contributed by atoms with Crippen LogP contribution in [-0.4, -0.2) is 42.3 Å². The SMILES string of the molecule is C=C(C)[C@@H]1CC[C@@](C)(O)C([Te]C2C[C@H](C(=C)C)CC[C@@]2(C)O)C1. The van der Waals surface area contributed by atoms with Crippen LogP contribution in [-0.2, 0) is 0 Å². The van der Waals surface area contributed by atoms with Crippen LogP contribution in [0.15, 0.2) is 24.3 Å². The molecule has 2 N–H and O–H groups in total. The van der Waals surface area contributed by atoms with Crippen LogP contribution in [0.5, 0.6) is 0 Å². The number of allylic oxidation sites excluding steroid dienone is 2. The zero-order valence-electron chi connectivity index (χ0n) is 15.3. The van der Waals surface area contributed by atoms with Gasteiger partial charge in [-0.25, -0.2) is 0 Å². The molecule has 0 saturated heterocycles. The van der Waals surface area contributed by atoms with E-state index in [2.05, 4.69) is 27.0 Å². The van der Waals surface area contributed by atoms with Crippen LogP contribution in [0.3, 0.4) is 0 Å². The molecule has 0 aromatic rings. The standard InChI is InChI=1S/C20H34O2Te/c1-13(2)15-7-9-19(5,21)17(11-15)23-18-12-16(14(3)4)8-10-20(18,6)22/h15-18,21-22H,1,3,7-12H2,2,4-6H3/t15-,16-,17?,18?,19-,20-/m1/s1. The molecule has 132 valence electrons. The molecule has 2 nitrogen and oxygen atoms in total. The molecular weight excluding hydrogens is 400 g/mol. The topological polar surface area (TPSA) is 40.5 Å². The van der Waals surface area contributed by atoms with Crippen molar-refractivity contribution in [2.75, 3.05) is 0 Å². The molecular formula is C20H34O2Te. The molecule has 2 aliphatic rings. The van der Waals surface area contributed by atoms with Crippen LogP contribution in [0.2, 0.25) is 7.93 Å². The summed E-state index contributed by atoms with van der Waals surface area (Å²) in [6, 6.07) is 0. The van der Waals surface area contributed by atoms with Crippen LogP contribution < -0.4 is 0 Å². The third-order valence-electron chi connectivity index (χ3n) is 6.10. The summed E-state index contributed by atoms with van der Waals surface area (Å²) >= 11 is -0.502. The van der Waals surface area contributed by atoms with Crippen LogP contribution >= 0.6 is 0 Å². The first-order valence-corrected chi connectivity index (χ1v) is 11.6. The van der Waals surface area contributed by atoms with Gasteiger partial charge in [-0.15, -0.1) is 0 Å². The van der Waals surface area contributed by atoms with Gasteiger partial charge in [0.25, 0.3) is 0 Å². The fraction of sp³-hybridized carbons (Fsp3) is 0.800. The van der Waals surface area contributed by atoms with Crippen molar-refractivity contribution in [1.82, 2.24) is 0 Å². The van der Waals surface area contributed by atoms with Crippen molar-refractivity contribution in [2.45, 2.75) is 85.4 Å². The van der Waals surface area contributed by atoms with Crippen molar-refractivity contribution >= 4 is 20.9 Å². The monoisotopic (exact) mass is 436 g/mol. The summed E-state index contributed by atoms with van der Waals surface area (Å²) in [5, 5.41) is 21.8. The number of hydrogen-bond donors (Lipinski definition) is 2. The summed E-state index contributed by atoms with van der Waals surface area (Å²) in [6.45, 7) is 16.6.